The Morgan fingerprint density at radius 3 is 1.61 bits per heavy atom. The maximum Gasteiger partial charge on any atom is 0.172 e. The second-order valence-corrected chi connectivity index (χ2v) is 8.24. The number of hydrogen-bond donors (Lipinski definition) is 0. The van der Waals surface area contributed by atoms with Crippen LogP contribution in [0.4, 0.5) is 17.5 Å². The Kier molecular flexibility index (Phi) is 4.52. The lowest BCUT2D eigenvalue weighted by atomic mass is 10.2. The zero-order chi connectivity index (χ0) is 20.6. The minimum Gasteiger partial charge on any atom is -0.354 e. The Morgan fingerprint density at radius 2 is 1.00 bits per heavy atom. The standard InChI is InChI=1S/C24H25N7/c1-2-8-19-18(7-1)25-17-22(26-19)29-13-15-31(16-14-29)24-23(30-11-5-6-12-30)27-20-9-3-4-10-21(20)28-24/h1-4,7-10,17H,5-6,11-16H2. The first-order valence-corrected chi connectivity index (χ1v) is 11.1. The van der Waals surface area contributed by atoms with Crippen molar-refractivity contribution >= 4 is 39.5 Å². The van der Waals surface area contributed by atoms with E-state index >= 15 is 0 Å². The third-order valence-electron chi connectivity index (χ3n) is 6.28. The zero-order valence-corrected chi connectivity index (χ0v) is 17.5. The number of aromatic nitrogens is 4. The molecule has 2 aliphatic heterocycles. The van der Waals surface area contributed by atoms with E-state index in [0.29, 0.717) is 0 Å². The van der Waals surface area contributed by atoms with E-state index in [4.69, 9.17) is 15.0 Å². The van der Waals surface area contributed by atoms with E-state index in [9.17, 15) is 0 Å². The second-order valence-electron chi connectivity index (χ2n) is 8.24. The van der Waals surface area contributed by atoms with Gasteiger partial charge in [-0.25, -0.2) is 15.0 Å². The third kappa shape index (κ3) is 3.40. The van der Waals surface area contributed by atoms with Gasteiger partial charge in [-0.2, -0.15) is 0 Å². The molecule has 7 nitrogen and oxygen atoms in total. The monoisotopic (exact) mass is 411 g/mol. The van der Waals surface area contributed by atoms with Crippen LogP contribution in [-0.4, -0.2) is 59.2 Å². The number of para-hydroxylation sites is 4. The van der Waals surface area contributed by atoms with Gasteiger partial charge in [0.15, 0.2) is 11.6 Å². The van der Waals surface area contributed by atoms with E-state index in [1.165, 1.54) is 12.8 Å². The Labute approximate surface area is 181 Å². The molecule has 2 aromatic heterocycles. The summed E-state index contributed by atoms with van der Waals surface area (Å²) >= 11 is 0. The van der Waals surface area contributed by atoms with Gasteiger partial charge in [-0.05, 0) is 37.1 Å². The van der Waals surface area contributed by atoms with Crippen molar-refractivity contribution in [1.82, 2.24) is 19.9 Å². The molecule has 4 aromatic rings. The molecule has 4 heterocycles. The number of fused-ring (bicyclic) bond motifs is 2. The highest BCUT2D eigenvalue weighted by molar-refractivity contribution is 5.81. The summed E-state index contributed by atoms with van der Waals surface area (Å²) in [6, 6.07) is 16.2. The van der Waals surface area contributed by atoms with Crippen LogP contribution in [0.2, 0.25) is 0 Å². The van der Waals surface area contributed by atoms with Gasteiger partial charge in [0, 0.05) is 39.3 Å². The number of anilines is 3. The minimum atomic E-state index is 0.890. The lowest BCUT2D eigenvalue weighted by Gasteiger charge is -2.37. The molecule has 2 fully saturated rings. The Morgan fingerprint density at radius 1 is 0.516 bits per heavy atom. The normalized spacial score (nSPS) is 17.1. The molecule has 0 saturated carbocycles. The Hall–Kier alpha value is -3.48. The van der Waals surface area contributed by atoms with Gasteiger partial charge < -0.3 is 14.7 Å². The molecule has 31 heavy (non-hydrogen) atoms. The number of hydrogen-bond acceptors (Lipinski definition) is 7. The fraction of sp³-hybridized carbons (Fsp3) is 0.333. The Balaban J connectivity index is 1.28. The average molecular weight is 412 g/mol. The molecule has 156 valence electrons. The molecule has 6 rings (SSSR count). The first-order chi connectivity index (χ1) is 15.3. The summed E-state index contributed by atoms with van der Waals surface area (Å²) in [6.45, 7) is 5.69. The van der Waals surface area contributed by atoms with Crippen LogP contribution in [0.1, 0.15) is 12.8 Å². The quantitative estimate of drug-likeness (QED) is 0.511. The van der Waals surface area contributed by atoms with E-state index in [-0.39, 0.29) is 0 Å². The van der Waals surface area contributed by atoms with Gasteiger partial charge in [-0.1, -0.05) is 24.3 Å². The maximum absolute atomic E-state index is 5.06. The van der Waals surface area contributed by atoms with Gasteiger partial charge in [-0.3, -0.25) is 4.98 Å². The van der Waals surface area contributed by atoms with E-state index in [0.717, 1.165) is 78.8 Å². The van der Waals surface area contributed by atoms with Crippen molar-refractivity contribution in [2.45, 2.75) is 12.8 Å². The molecule has 0 bridgehead atoms. The fourth-order valence-corrected chi connectivity index (χ4v) is 4.58. The van der Waals surface area contributed by atoms with Crippen molar-refractivity contribution in [2.24, 2.45) is 0 Å². The lowest BCUT2D eigenvalue weighted by Crippen LogP contribution is -2.47. The zero-order valence-electron chi connectivity index (χ0n) is 17.5. The first-order valence-electron chi connectivity index (χ1n) is 11.1. The smallest absolute Gasteiger partial charge is 0.172 e. The Bertz CT molecular complexity index is 1230. The summed E-state index contributed by atoms with van der Waals surface area (Å²) in [6.07, 6.45) is 4.34. The van der Waals surface area contributed by atoms with Crippen molar-refractivity contribution in [1.29, 1.82) is 0 Å². The van der Waals surface area contributed by atoms with E-state index in [2.05, 4.69) is 31.8 Å². The van der Waals surface area contributed by atoms with Crippen molar-refractivity contribution in [3.8, 4) is 0 Å². The number of piperazine rings is 1. The lowest BCUT2D eigenvalue weighted by molar-refractivity contribution is 0.640. The second kappa shape index (κ2) is 7.65. The molecule has 2 aliphatic rings. The van der Waals surface area contributed by atoms with Crippen LogP contribution < -0.4 is 14.7 Å². The first kappa shape index (κ1) is 18.3. The molecule has 2 saturated heterocycles. The van der Waals surface area contributed by atoms with Crippen LogP contribution >= 0.6 is 0 Å². The molecule has 7 heteroatoms. The summed E-state index contributed by atoms with van der Waals surface area (Å²) in [7, 11) is 0. The highest BCUT2D eigenvalue weighted by Gasteiger charge is 2.26. The SMILES string of the molecule is c1ccc2nc(N3CCN(c4nc5ccccc5nc4N4CCCC4)CC3)cnc2c1. The van der Waals surface area contributed by atoms with Crippen molar-refractivity contribution in [3.05, 3.63) is 54.7 Å². The van der Waals surface area contributed by atoms with Crippen LogP contribution in [0.3, 0.4) is 0 Å². The number of nitrogens with zero attached hydrogens (tertiary/aromatic N) is 7. The summed E-state index contributed by atoms with van der Waals surface area (Å²) in [5.74, 6) is 3.00. The minimum absolute atomic E-state index is 0.890. The molecule has 0 amide bonds. The van der Waals surface area contributed by atoms with Gasteiger partial charge in [0.1, 0.15) is 5.82 Å². The maximum atomic E-state index is 5.06. The van der Waals surface area contributed by atoms with Crippen molar-refractivity contribution < 1.29 is 0 Å². The number of rotatable bonds is 3. The van der Waals surface area contributed by atoms with E-state index < -0.39 is 0 Å². The average Bonchev–Trinajstić information content (AvgIpc) is 3.38. The van der Waals surface area contributed by atoms with Crippen LogP contribution in [0.25, 0.3) is 22.1 Å². The van der Waals surface area contributed by atoms with Gasteiger partial charge >= 0.3 is 0 Å². The topological polar surface area (TPSA) is 61.3 Å². The predicted octanol–water partition coefficient (Wildman–Crippen LogP) is 3.50. The number of benzene rings is 2. The predicted molar refractivity (Wildman–Crippen MR) is 125 cm³/mol. The van der Waals surface area contributed by atoms with Gasteiger partial charge in [0.2, 0.25) is 0 Å². The summed E-state index contributed by atoms with van der Waals surface area (Å²) in [5.41, 5.74) is 3.81. The van der Waals surface area contributed by atoms with Crippen molar-refractivity contribution in [3.63, 3.8) is 0 Å². The molecule has 0 aliphatic carbocycles. The largest absolute Gasteiger partial charge is 0.354 e. The van der Waals surface area contributed by atoms with E-state index in [1.807, 2.05) is 42.6 Å². The van der Waals surface area contributed by atoms with Gasteiger partial charge in [-0.15, -0.1) is 0 Å². The van der Waals surface area contributed by atoms with Crippen LogP contribution in [0.5, 0.6) is 0 Å². The summed E-state index contributed by atoms with van der Waals surface area (Å²) in [4.78, 5) is 26.6. The van der Waals surface area contributed by atoms with E-state index in [1.54, 1.807) is 0 Å². The molecule has 0 N–H and O–H groups in total. The molecular formula is C24H25N7. The molecule has 0 spiro atoms. The molecule has 0 unspecified atom stereocenters. The summed E-state index contributed by atoms with van der Waals surface area (Å²) < 4.78 is 0. The third-order valence-corrected chi connectivity index (χ3v) is 6.28. The summed E-state index contributed by atoms with van der Waals surface area (Å²) in [5, 5.41) is 0. The fourth-order valence-electron chi connectivity index (χ4n) is 4.58. The van der Waals surface area contributed by atoms with Crippen LogP contribution in [-0.2, 0) is 0 Å². The van der Waals surface area contributed by atoms with Crippen molar-refractivity contribution in [2.75, 3.05) is 54.0 Å². The van der Waals surface area contributed by atoms with Crippen LogP contribution in [0, 0.1) is 0 Å². The molecule has 2 aromatic carbocycles. The molecule has 0 atom stereocenters. The molecule has 0 radical (unpaired) electrons. The highest BCUT2D eigenvalue weighted by atomic mass is 15.3. The van der Waals surface area contributed by atoms with Crippen LogP contribution in [0.15, 0.2) is 54.7 Å². The molecular weight excluding hydrogens is 386 g/mol. The highest BCUT2D eigenvalue weighted by Crippen LogP contribution is 2.31. The van der Waals surface area contributed by atoms with Gasteiger partial charge in [0.25, 0.3) is 0 Å². The van der Waals surface area contributed by atoms with Gasteiger partial charge in [0.05, 0.1) is 28.3 Å².